The van der Waals surface area contributed by atoms with Gasteiger partial charge in [0.15, 0.2) is 0 Å². The third kappa shape index (κ3) is 2.37. The van der Waals surface area contributed by atoms with E-state index >= 15 is 0 Å². The molecule has 1 aromatic heterocycles. The molecular weight excluding hydrogens is 234 g/mol. The van der Waals surface area contributed by atoms with E-state index in [0.717, 1.165) is 25.1 Å². The molecule has 0 radical (unpaired) electrons. The number of carbonyl (C=O) groups excluding carboxylic acids is 1. The van der Waals surface area contributed by atoms with Crippen molar-refractivity contribution in [2.45, 2.75) is 45.2 Å². The molecule has 6 heteroatoms. The summed E-state index contributed by atoms with van der Waals surface area (Å²) in [6, 6.07) is -0.820. The lowest BCUT2D eigenvalue weighted by Crippen LogP contribution is -2.40. The number of aryl methyl sites for hydroxylation is 1. The lowest BCUT2D eigenvalue weighted by atomic mass is 10.1. The van der Waals surface area contributed by atoms with Crippen LogP contribution in [0.5, 0.6) is 0 Å². The van der Waals surface area contributed by atoms with Crippen LogP contribution in [-0.4, -0.2) is 32.8 Å². The van der Waals surface area contributed by atoms with Crippen LogP contribution >= 0.6 is 0 Å². The van der Waals surface area contributed by atoms with E-state index in [4.69, 9.17) is 5.11 Å². The minimum absolute atomic E-state index is 0.334. The predicted molar refractivity (Wildman–Crippen MR) is 64.3 cm³/mol. The molecular formula is C12H17N3O3. The molecule has 1 amide bonds. The molecule has 0 saturated heterocycles. The van der Waals surface area contributed by atoms with Crippen LogP contribution in [0.2, 0.25) is 0 Å². The van der Waals surface area contributed by atoms with Gasteiger partial charge >= 0.3 is 5.97 Å². The first-order valence-corrected chi connectivity index (χ1v) is 6.21. The normalized spacial score (nSPS) is 15.2. The highest BCUT2D eigenvalue weighted by Gasteiger charge is 2.25. The number of aromatic nitrogens is 2. The molecule has 18 heavy (non-hydrogen) atoms. The Balaban J connectivity index is 2.09. The van der Waals surface area contributed by atoms with E-state index in [1.54, 1.807) is 0 Å². The van der Waals surface area contributed by atoms with Gasteiger partial charge in [0.2, 0.25) is 0 Å². The summed E-state index contributed by atoms with van der Waals surface area (Å²) in [4.78, 5) is 23.0. The molecule has 1 aliphatic rings. The number of hydrogen-bond acceptors (Lipinski definition) is 3. The summed E-state index contributed by atoms with van der Waals surface area (Å²) in [7, 11) is 0. The summed E-state index contributed by atoms with van der Waals surface area (Å²) < 4.78 is 1.81. The number of aliphatic carboxylic acids is 1. The molecule has 0 fully saturated rings. The minimum Gasteiger partial charge on any atom is -0.480 e. The highest BCUT2D eigenvalue weighted by atomic mass is 16.4. The predicted octanol–water partition coefficient (Wildman–Crippen LogP) is 0.812. The van der Waals surface area contributed by atoms with Crippen molar-refractivity contribution in [3.05, 3.63) is 17.5 Å². The summed E-state index contributed by atoms with van der Waals surface area (Å²) in [6.07, 6.45) is 4.48. The van der Waals surface area contributed by atoms with Gasteiger partial charge in [0.25, 0.3) is 5.91 Å². The van der Waals surface area contributed by atoms with Crippen LogP contribution in [0.15, 0.2) is 6.20 Å². The maximum absolute atomic E-state index is 12.0. The highest BCUT2D eigenvalue weighted by molar-refractivity contribution is 5.97. The highest BCUT2D eigenvalue weighted by Crippen LogP contribution is 2.18. The summed E-state index contributed by atoms with van der Waals surface area (Å²) in [5.41, 5.74) is 1.42. The molecule has 1 aliphatic heterocycles. The van der Waals surface area contributed by atoms with Gasteiger partial charge in [0.05, 0.1) is 17.5 Å². The molecule has 0 aromatic carbocycles. The molecule has 2 N–H and O–H groups in total. The first-order chi connectivity index (χ1) is 8.63. The van der Waals surface area contributed by atoms with E-state index in [9.17, 15) is 9.59 Å². The zero-order valence-corrected chi connectivity index (χ0v) is 10.3. The zero-order chi connectivity index (χ0) is 13.1. The van der Waals surface area contributed by atoms with E-state index in [0.29, 0.717) is 18.4 Å². The van der Waals surface area contributed by atoms with Crippen LogP contribution in [0.25, 0.3) is 0 Å². The van der Waals surface area contributed by atoms with Gasteiger partial charge in [-0.25, -0.2) is 4.79 Å². The molecule has 98 valence electrons. The minimum atomic E-state index is -0.992. The van der Waals surface area contributed by atoms with Gasteiger partial charge in [-0.3, -0.25) is 9.48 Å². The Morgan fingerprint density at radius 1 is 1.61 bits per heavy atom. The van der Waals surface area contributed by atoms with Gasteiger partial charge in [0.1, 0.15) is 6.04 Å². The van der Waals surface area contributed by atoms with Gasteiger partial charge in [-0.05, 0) is 19.3 Å². The third-order valence-electron chi connectivity index (χ3n) is 3.16. The van der Waals surface area contributed by atoms with Crippen LogP contribution in [0.1, 0.15) is 42.2 Å². The van der Waals surface area contributed by atoms with Crippen molar-refractivity contribution >= 4 is 11.9 Å². The monoisotopic (exact) mass is 251 g/mol. The number of hydrogen-bond donors (Lipinski definition) is 2. The number of fused-ring (bicyclic) bond motifs is 1. The Labute approximate surface area is 105 Å². The van der Waals surface area contributed by atoms with Gasteiger partial charge in [-0.15, -0.1) is 0 Å². The van der Waals surface area contributed by atoms with Crippen molar-refractivity contribution in [2.24, 2.45) is 0 Å². The molecule has 1 atom stereocenters. The van der Waals surface area contributed by atoms with E-state index in [-0.39, 0.29) is 5.91 Å². The van der Waals surface area contributed by atoms with Gasteiger partial charge in [-0.1, -0.05) is 13.3 Å². The fraction of sp³-hybridized carbons (Fsp3) is 0.583. The molecule has 6 nitrogen and oxygen atoms in total. The molecule has 0 spiro atoms. The number of carboxylic acids is 1. The van der Waals surface area contributed by atoms with Crippen LogP contribution < -0.4 is 5.32 Å². The second-order valence-corrected chi connectivity index (χ2v) is 4.48. The number of nitrogens with one attached hydrogen (secondary N) is 1. The van der Waals surface area contributed by atoms with Crippen molar-refractivity contribution in [3.8, 4) is 0 Å². The largest absolute Gasteiger partial charge is 0.480 e. The smallest absolute Gasteiger partial charge is 0.326 e. The second kappa shape index (κ2) is 5.20. The molecule has 1 unspecified atom stereocenters. The lowest BCUT2D eigenvalue weighted by molar-refractivity contribution is -0.139. The summed E-state index contributed by atoms with van der Waals surface area (Å²) in [6.45, 7) is 2.72. The quantitative estimate of drug-likeness (QED) is 0.811. The van der Waals surface area contributed by atoms with E-state index in [2.05, 4.69) is 10.4 Å². The number of carboxylic acid groups (broad SMARTS) is 1. The second-order valence-electron chi connectivity index (χ2n) is 4.48. The van der Waals surface area contributed by atoms with Gasteiger partial charge in [0, 0.05) is 6.54 Å². The van der Waals surface area contributed by atoms with Crippen LogP contribution in [0.3, 0.4) is 0 Å². The van der Waals surface area contributed by atoms with Gasteiger partial charge < -0.3 is 10.4 Å². The summed E-state index contributed by atoms with van der Waals surface area (Å²) in [5, 5.41) is 15.7. The Kier molecular flexibility index (Phi) is 3.64. The van der Waals surface area contributed by atoms with Crippen molar-refractivity contribution in [1.29, 1.82) is 0 Å². The van der Waals surface area contributed by atoms with Crippen molar-refractivity contribution in [3.63, 3.8) is 0 Å². The summed E-state index contributed by atoms with van der Waals surface area (Å²) >= 11 is 0. The Hall–Kier alpha value is -1.85. The fourth-order valence-corrected chi connectivity index (χ4v) is 2.24. The van der Waals surface area contributed by atoms with E-state index in [1.807, 2.05) is 11.6 Å². The number of carbonyl (C=O) groups is 2. The topological polar surface area (TPSA) is 84.2 Å². The van der Waals surface area contributed by atoms with Crippen molar-refractivity contribution in [1.82, 2.24) is 15.1 Å². The number of rotatable bonds is 5. The Morgan fingerprint density at radius 3 is 3.06 bits per heavy atom. The maximum atomic E-state index is 12.0. The van der Waals surface area contributed by atoms with Crippen LogP contribution in [-0.2, 0) is 17.8 Å². The lowest BCUT2D eigenvalue weighted by Gasteiger charge is -2.13. The van der Waals surface area contributed by atoms with Crippen molar-refractivity contribution in [2.75, 3.05) is 0 Å². The first-order valence-electron chi connectivity index (χ1n) is 6.21. The first kappa shape index (κ1) is 12.6. The van der Waals surface area contributed by atoms with Gasteiger partial charge in [-0.2, -0.15) is 5.10 Å². The molecule has 0 bridgehead atoms. The number of amides is 1. The fourth-order valence-electron chi connectivity index (χ4n) is 2.24. The average molecular weight is 251 g/mol. The van der Waals surface area contributed by atoms with Crippen LogP contribution in [0, 0.1) is 0 Å². The summed E-state index contributed by atoms with van der Waals surface area (Å²) in [5.74, 6) is -1.33. The van der Waals surface area contributed by atoms with E-state index in [1.165, 1.54) is 6.20 Å². The Bertz CT molecular complexity index is 467. The van der Waals surface area contributed by atoms with Crippen molar-refractivity contribution < 1.29 is 14.7 Å². The molecule has 0 aliphatic carbocycles. The standard InChI is InChI=1S/C12H17N3O3/c1-2-4-9(12(17)18)14-11(16)8-7-13-15-6-3-5-10(8)15/h7,9H,2-6H2,1H3,(H,14,16)(H,17,18). The SMILES string of the molecule is CCCC(NC(=O)c1cnn2c1CCC2)C(=O)O. The molecule has 2 heterocycles. The number of nitrogens with zero attached hydrogens (tertiary/aromatic N) is 2. The zero-order valence-electron chi connectivity index (χ0n) is 10.3. The molecule has 0 saturated carbocycles. The molecule has 2 rings (SSSR count). The average Bonchev–Trinajstić information content (AvgIpc) is 2.89. The van der Waals surface area contributed by atoms with Crippen LogP contribution in [0.4, 0.5) is 0 Å². The van der Waals surface area contributed by atoms with E-state index < -0.39 is 12.0 Å². The third-order valence-corrected chi connectivity index (χ3v) is 3.16. The molecule has 1 aromatic rings. The Morgan fingerprint density at radius 2 is 2.39 bits per heavy atom. The maximum Gasteiger partial charge on any atom is 0.326 e.